The van der Waals surface area contributed by atoms with Crippen LogP contribution in [0.25, 0.3) is 0 Å². The van der Waals surface area contributed by atoms with E-state index in [9.17, 15) is 22.0 Å². The Morgan fingerprint density at radius 2 is 1.73 bits per heavy atom. The first-order valence-corrected chi connectivity index (χ1v) is 4.79. The van der Waals surface area contributed by atoms with Gasteiger partial charge in [-0.15, -0.1) is 0 Å². The third kappa shape index (κ3) is 2.41. The van der Waals surface area contributed by atoms with Crippen LogP contribution in [0.1, 0.15) is 13.3 Å². The molecule has 1 heterocycles. The van der Waals surface area contributed by atoms with Crippen LogP contribution in [-0.2, 0) is 0 Å². The summed E-state index contributed by atoms with van der Waals surface area (Å²) in [5.41, 5.74) is 0. The fourth-order valence-electron chi connectivity index (χ4n) is 1.93. The predicted octanol–water partition coefficient (Wildman–Crippen LogP) is 2.77. The SMILES string of the molecule is CC(C1CCN(C)C1)C(F)(F)C(F)(F)F. The van der Waals surface area contributed by atoms with E-state index in [0.717, 1.165) is 6.92 Å². The second kappa shape index (κ2) is 3.88. The molecule has 0 saturated carbocycles. The highest BCUT2D eigenvalue weighted by Crippen LogP contribution is 2.45. The zero-order valence-corrected chi connectivity index (χ0v) is 8.61. The van der Waals surface area contributed by atoms with Crippen LogP contribution in [0.5, 0.6) is 0 Å². The third-order valence-corrected chi connectivity index (χ3v) is 3.08. The van der Waals surface area contributed by atoms with Crippen LogP contribution in [0.15, 0.2) is 0 Å². The molecule has 1 rings (SSSR count). The standard InChI is InChI=1S/C9H14F5N/c1-6(7-3-4-15(2)5-7)8(10,11)9(12,13)14/h6-7H,3-5H2,1-2H3. The quantitative estimate of drug-likeness (QED) is 0.660. The molecule has 0 aromatic heterocycles. The first-order chi connectivity index (χ1) is 6.66. The largest absolute Gasteiger partial charge is 0.453 e. The first kappa shape index (κ1) is 12.7. The Morgan fingerprint density at radius 1 is 1.20 bits per heavy atom. The molecule has 2 unspecified atom stereocenters. The molecule has 0 aliphatic carbocycles. The van der Waals surface area contributed by atoms with Crippen LogP contribution in [0.3, 0.4) is 0 Å². The summed E-state index contributed by atoms with van der Waals surface area (Å²) in [4.78, 5) is 1.77. The maximum Gasteiger partial charge on any atom is 0.453 e. The van der Waals surface area contributed by atoms with E-state index in [1.807, 2.05) is 0 Å². The van der Waals surface area contributed by atoms with Crippen molar-refractivity contribution in [3.8, 4) is 0 Å². The summed E-state index contributed by atoms with van der Waals surface area (Å²) in [6.45, 7) is 1.88. The first-order valence-electron chi connectivity index (χ1n) is 4.79. The van der Waals surface area contributed by atoms with Crippen LogP contribution in [0.2, 0.25) is 0 Å². The van der Waals surface area contributed by atoms with Crippen molar-refractivity contribution in [1.82, 2.24) is 4.90 Å². The van der Waals surface area contributed by atoms with Gasteiger partial charge in [-0.2, -0.15) is 22.0 Å². The summed E-state index contributed by atoms with van der Waals surface area (Å²) < 4.78 is 62.1. The van der Waals surface area contributed by atoms with Crippen molar-refractivity contribution in [3.05, 3.63) is 0 Å². The molecule has 0 spiro atoms. The second-order valence-electron chi connectivity index (χ2n) is 4.22. The number of hydrogen-bond acceptors (Lipinski definition) is 1. The molecule has 1 saturated heterocycles. The smallest absolute Gasteiger partial charge is 0.306 e. The van der Waals surface area contributed by atoms with Gasteiger partial charge in [-0.25, -0.2) is 0 Å². The molecule has 6 heteroatoms. The van der Waals surface area contributed by atoms with E-state index in [1.54, 1.807) is 11.9 Å². The topological polar surface area (TPSA) is 3.24 Å². The van der Waals surface area contributed by atoms with E-state index >= 15 is 0 Å². The molecule has 2 atom stereocenters. The molecule has 1 fully saturated rings. The minimum atomic E-state index is -5.44. The Labute approximate surface area is 85.2 Å². The van der Waals surface area contributed by atoms with Gasteiger partial charge in [0.05, 0.1) is 0 Å². The maximum atomic E-state index is 13.0. The molecule has 1 aliphatic rings. The monoisotopic (exact) mass is 231 g/mol. The van der Waals surface area contributed by atoms with Gasteiger partial charge in [0.15, 0.2) is 0 Å². The molecule has 0 amide bonds. The van der Waals surface area contributed by atoms with E-state index in [-0.39, 0.29) is 0 Å². The van der Waals surface area contributed by atoms with E-state index < -0.39 is 23.9 Å². The fraction of sp³-hybridized carbons (Fsp3) is 1.00. The lowest BCUT2D eigenvalue weighted by molar-refractivity contribution is -0.305. The molecular weight excluding hydrogens is 217 g/mol. The van der Waals surface area contributed by atoms with Crippen molar-refractivity contribution < 1.29 is 22.0 Å². The zero-order chi connectivity index (χ0) is 11.9. The number of nitrogens with zero attached hydrogens (tertiary/aromatic N) is 1. The summed E-state index contributed by atoms with van der Waals surface area (Å²) in [5, 5.41) is 0. The van der Waals surface area contributed by atoms with Crippen molar-refractivity contribution >= 4 is 0 Å². The molecule has 0 bridgehead atoms. The predicted molar refractivity (Wildman–Crippen MR) is 45.8 cm³/mol. The minimum Gasteiger partial charge on any atom is -0.306 e. The Morgan fingerprint density at radius 3 is 2.07 bits per heavy atom. The van der Waals surface area contributed by atoms with Gasteiger partial charge in [0.2, 0.25) is 0 Å². The van der Waals surface area contributed by atoms with Gasteiger partial charge < -0.3 is 4.90 Å². The Balaban J connectivity index is 2.71. The number of likely N-dealkylation sites (tertiary alicyclic amines) is 1. The molecule has 0 aromatic carbocycles. The molecule has 0 N–H and O–H groups in total. The Bertz CT molecular complexity index is 225. The molecule has 90 valence electrons. The molecular formula is C9H14F5N. The minimum absolute atomic E-state index is 0.312. The molecule has 0 aromatic rings. The zero-order valence-electron chi connectivity index (χ0n) is 8.61. The van der Waals surface area contributed by atoms with Crippen molar-refractivity contribution in [1.29, 1.82) is 0 Å². The molecule has 15 heavy (non-hydrogen) atoms. The van der Waals surface area contributed by atoms with Crippen LogP contribution in [0, 0.1) is 11.8 Å². The summed E-state index contributed by atoms with van der Waals surface area (Å²) in [5.74, 6) is -6.81. The molecule has 0 radical (unpaired) electrons. The van der Waals surface area contributed by atoms with Crippen LogP contribution >= 0.6 is 0 Å². The van der Waals surface area contributed by atoms with E-state index in [1.165, 1.54) is 0 Å². The van der Waals surface area contributed by atoms with Crippen molar-refractivity contribution in [2.45, 2.75) is 25.4 Å². The van der Waals surface area contributed by atoms with Gasteiger partial charge in [-0.1, -0.05) is 6.92 Å². The highest BCUT2D eigenvalue weighted by molar-refractivity contribution is 4.89. The van der Waals surface area contributed by atoms with Gasteiger partial charge in [0.1, 0.15) is 0 Å². The van der Waals surface area contributed by atoms with Gasteiger partial charge in [-0.3, -0.25) is 0 Å². The van der Waals surface area contributed by atoms with Gasteiger partial charge >= 0.3 is 12.1 Å². The summed E-state index contributed by atoms with van der Waals surface area (Å²) in [7, 11) is 1.72. The Kier molecular flexibility index (Phi) is 3.28. The highest BCUT2D eigenvalue weighted by Gasteiger charge is 2.62. The average molecular weight is 231 g/mol. The second-order valence-corrected chi connectivity index (χ2v) is 4.22. The summed E-state index contributed by atoms with van der Waals surface area (Å²) >= 11 is 0. The average Bonchev–Trinajstić information content (AvgIpc) is 2.48. The number of halogens is 5. The van der Waals surface area contributed by atoms with Gasteiger partial charge in [0.25, 0.3) is 0 Å². The highest BCUT2D eigenvalue weighted by atomic mass is 19.4. The summed E-state index contributed by atoms with van der Waals surface area (Å²) in [6.07, 6.45) is -5.03. The van der Waals surface area contributed by atoms with Crippen LogP contribution in [0.4, 0.5) is 22.0 Å². The van der Waals surface area contributed by atoms with E-state index in [4.69, 9.17) is 0 Å². The van der Waals surface area contributed by atoms with Crippen molar-refractivity contribution in [3.63, 3.8) is 0 Å². The lowest BCUT2D eigenvalue weighted by Gasteiger charge is -2.29. The van der Waals surface area contributed by atoms with Crippen LogP contribution in [-0.4, -0.2) is 37.1 Å². The molecule has 1 aliphatic heterocycles. The third-order valence-electron chi connectivity index (χ3n) is 3.08. The maximum absolute atomic E-state index is 13.0. The van der Waals surface area contributed by atoms with Crippen LogP contribution < -0.4 is 0 Å². The number of rotatable bonds is 2. The molecule has 1 nitrogen and oxygen atoms in total. The lowest BCUT2D eigenvalue weighted by atomic mass is 9.87. The normalized spacial score (nSPS) is 27.0. The van der Waals surface area contributed by atoms with Crippen molar-refractivity contribution in [2.75, 3.05) is 20.1 Å². The van der Waals surface area contributed by atoms with Crippen molar-refractivity contribution in [2.24, 2.45) is 11.8 Å². The lowest BCUT2D eigenvalue weighted by Crippen LogP contribution is -2.45. The number of alkyl halides is 5. The number of hydrogen-bond donors (Lipinski definition) is 0. The fourth-order valence-corrected chi connectivity index (χ4v) is 1.93. The van der Waals surface area contributed by atoms with Gasteiger partial charge in [0, 0.05) is 12.5 Å². The summed E-state index contributed by atoms with van der Waals surface area (Å²) in [6, 6.07) is 0. The Hall–Kier alpha value is -0.390. The van der Waals surface area contributed by atoms with Gasteiger partial charge in [-0.05, 0) is 25.9 Å². The van der Waals surface area contributed by atoms with E-state index in [0.29, 0.717) is 19.5 Å². The van der Waals surface area contributed by atoms with E-state index in [2.05, 4.69) is 0 Å².